The SMILES string of the molecule is CCCCCCOc1cccc(OCCN)c1.CCCCCCOc1cccc(OCCNc2ccnc3ccccc23)c1. The number of pyridine rings is 1. The predicted molar refractivity (Wildman–Crippen MR) is 182 cm³/mol. The van der Waals surface area contributed by atoms with Crippen LogP contribution in [0.5, 0.6) is 23.0 Å². The van der Waals surface area contributed by atoms with Crippen LogP contribution in [0.15, 0.2) is 85.1 Å². The molecule has 0 aliphatic heterocycles. The number of nitrogens with zero attached hydrogens (tertiary/aromatic N) is 1. The van der Waals surface area contributed by atoms with Crippen molar-refractivity contribution in [3.63, 3.8) is 0 Å². The Morgan fingerprint density at radius 3 is 1.70 bits per heavy atom. The molecule has 4 aromatic rings. The molecule has 0 saturated heterocycles. The Morgan fingerprint density at radius 1 is 0.591 bits per heavy atom. The van der Waals surface area contributed by atoms with E-state index in [1.807, 2.05) is 79.0 Å². The van der Waals surface area contributed by atoms with E-state index in [4.69, 9.17) is 24.7 Å². The zero-order valence-electron chi connectivity index (χ0n) is 26.6. The summed E-state index contributed by atoms with van der Waals surface area (Å²) in [4.78, 5) is 4.38. The summed E-state index contributed by atoms with van der Waals surface area (Å²) in [6.45, 7) is 8.34. The van der Waals surface area contributed by atoms with E-state index < -0.39 is 0 Å². The van der Waals surface area contributed by atoms with Gasteiger partial charge in [0.1, 0.15) is 36.2 Å². The normalized spacial score (nSPS) is 10.5. The topological polar surface area (TPSA) is 87.9 Å². The van der Waals surface area contributed by atoms with Crippen LogP contribution in [0.2, 0.25) is 0 Å². The molecule has 0 fully saturated rings. The van der Waals surface area contributed by atoms with E-state index in [2.05, 4.69) is 30.2 Å². The van der Waals surface area contributed by atoms with E-state index in [9.17, 15) is 0 Å². The van der Waals surface area contributed by atoms with Crippen LogP contribution in [0.1, 0.15) is 65.2 Å². The third-order valence-corrected chi connectivity index (χ3v) is 6.87. The van der Waals surface area contributed by atoms with Crippen LogP contribution in [0.4, 0.5) is 5.69 Å². The summed E-state index contributed by atoms with van der Waals surface area (Å²) < 4.78 is 22.8. The highest BCUT2D eigenvalue weighted by atomic mass is 16.5. The number of nitrogens with two attached hydrogens (primary N) is 1. The second kappa shape index (κ2) is 21.7. The third-order valence-electron chi connectivity index (χ3n) is 6.87. The Balaban J connectivity index is 0.000000269. The van der Waals surface area contributed by atoms with Crippen molar-refractivity contribution < 1.29 is 18.9 Å². The Morgan fingerprint density at radius 2 is 1.14 bits per heavy atom. The molecular formula is C37H51N3O4. The van der Waals surface area contributed by atoms with Gasteiger partial charge in [-0.3, -0.25) is 4.98 Å². The van der Waals surface area contributed by atoms with Gasteiger partial charge in [0.2, 0.25) is 0 Å². The summed E-state index contributed by atoms with van der Waals surface area (Å²) >= 11 is 0. The maximum Gasteiger partial charge on any atom is 0.123 e. The number of unbranched alkanes of at least 4 members (excludes halogenated alkanes) is 6. The lowest BCUT2D eigenvalue weighted by molar-refractivity contribution is 0.297. The molecule has 44 heavy (non-hydrogen) atoms. The van der Waals surface area contributed by atoms with Crippen LogP contribution in [0.3, 0.4) is 0 Å². The van der Waals surface area contributed by atoms with Crippen molar-refractivity contribution in [2.24, 2.45) is 5.73 Å². The minimum Gasteiger partial charge on any atom is -0.493 e. The van der Waals surface area contributed by atoms with Gasteiger partial charge in [-0.2, -0.15) is 0 Å². The van der Waals surface area contributed by atoms with E-state index in [0.29, 0.717) is 19.8 Å². The van der Waals surface area contributed by atoms with Crippen LogP contribution < -0.4 is 30.0 Å². The lowest BCUT2D eigenvalue weighted by Crippen LogP contribution is -2.11. The summed E-state index contributed by atoms with van der Waals surface area (Å²) in [6.07, 6.45) is 11.5. The van der Waals surface area contributed by atoms with Crippen molar-refractivity contribution in [1.82, 2.24) is 4.98 Å². The Hall–Kier alpha value is -3.97. The van der Waals surface area contributed by atoms with Crippen LogP contribution in [0, 0.1) is 0 Å². The van der Waals surface area contributed by atoms with Crippen molar-refractivity contribution in [3.8, 4) is 23.0 Å². The van der Waals surface area contributed by atoms with Crippen LogP contribution >= 0.6 is 0 Å². The zero-order chi connectivity index (χ0) is 31.1. The highest BCUT2D eigenvalue weighted by molar-refractivity contribution is 5.90. The van der Waals surface area contributed by atoms with Gasteiger partial charge in [-0.1, -0.05) is 82.7 Å². The van der Waals surface area contributed by atoms with Gasteiger partial charge in [0.15, 0.2) is 0 Å². The fraction of sp³-hybridized carbons (Fsp3) is 0.432. The fourth-order valence-electron chi connectivity index (χ4n) is 4.53. The summed E-state index contributed by atoms with van der Waals surface area (Å²) in [5.74, 6) is 3.40. The van der Waals surface area contributed by atoms with E-state index in [1.165, 1.54) is 38.5 Å². The molecule has 3 aromatic carbocycles. The first-order valence-corrected chi connectivity index (χ1v) is 16.2. The van der Waals surface area contributed by atoms with Crippen LogP contribution in [-0.2, 0) is 0 Å². The Kier molecular flexibility index (Phi) is 17.0. The lowest BCUT2D eigenvalue weighted by atomic mass is 10.2. The standard InChI is InChI=1S/C23H28N2O2.C14H23NO2/c1-2-3-4-7-16-26-19-9-8-10-20(18-19)27-17-15-25-23-13-14-24-22-12-6-5-11-21(22)23;1-2-3-4-5-10-16-13-7-6-8-14(12-13)17-11-9-15/h5-6,8-14,18H,2-4,7,15-17H2,1H3,(H,24,25);6-8,12H,2-5,9-11,15H2,1H3. The van der Waals surface area contributed by atoms with Gasteiger partial charge in [-0.15, -0.1) is 0 Å². The van der Waals surface area contributed by atoms with Gasteiger partial charge in [-0.05, 0) is 49.2 Å². The van der Waals surface area contributed by atoms with Gasteiger partial charge in [0.25, 0.3) is 0 Å². The molecule has 0 radical (unpaired) electrons. The minimum absolute atomic E-state index is 0.530. The molecule has 1 heterocycles. The highest BCUT2D eigenvalue weighted by Crippen LogP contribution is 2.22. The maximum atomic E-state index is 5.87. The average molecular weight is 602 g/mol. The number of aromatic nitrogens is 1. The second-order valence-corrected chi connectivity index (χ2v) is 10.6. The predicted octanol–water partition coefficient (Wildman–Crippen LogP) is 8.67. The average Bonchev–Trinajstić information content (AvgIpc) is 3.06. The molecule has 0 aliphatic carbocycles. The number of fused-ring (bicyclic) bond motifs is 1. The minimum atomic E-state index is 0.530. The first kappa shape index (κ1) is 34.5. The molecule has 0 atom stereocenters. The first-order valence-electron chi connectivity index (χ1n) is 16.2. The smallest absolute Gasteiger partial charge is 0.123 e. The molecule has 0 aliphatic rings. The number of anilines is 1. The van der Waals surface area contributed by atoms with Gasteiger partial charge < -0.3 is 30.0 Å². The molecule has 3 N–H and O–H groups in total. The molecule has 0 spiro atoms. The molecule has 7 nitrogen and oxygen atoms in total. The second-order valence-electron chi connectivity index (χ2n) is 10.6. The molecule has 0 unspecified atom stereocenters. The summed E-state index contributed by atoms with van der Waals surface area (Å²) in [7, 11) is 0. The van der Waals surface area contributed by atoms with E-state index in [0.717, 1.165) is 72.2 Å². The molecule has 0 amide bonds. The van der Waals surface area contributed by atoms with Crippen molar-refractivity contribution >= 4 is 16.6 Å². The number of para-hydroxylation sites is 1. The summed E-state index contributed by atoms with van der Waals surface area (Å²) in [5.41, 5.74) is 7.45. The summed E-state index contributed by atoms with van der Waals surface area (Å²) in [6, 6.07) is 25.7. The quantitative estimate of drug-likeness (QED) is 0.0980. The van der Waals surface area contributed by atoms with Crippen molar-refractivity contribution in [1.29, 1.82) is 0 Å². The number of hydrogen-bond donors (Lipinski definition) is 2. The Labute approximate surface area is 264 Å². The molecule has 0 saturated carbocycles. The highest BCUT2D eigenvalue weighted by Gasteiger charge is 2.02. The van der Waals surface area contributed by atoms with Crippen molar-refractivity contribution in [3.05, 3.63) is 85.1 Å². The molecule has 7 heteroatoms. The molecular weight excluding hydrogens is 550 g/mol. The molecule has 1 aromatic heterocycles. The molecule has 0 bridgehead atoms. The molecule has 238 valence electrons. The summed E-state index contributed by atoms with van der Waals surface area (Å²) in [5, 5.41) is 4.55. The maximum absolute atomic E-state index is 5.87. The largest absolute Gasteiger partial charge is 0.493 e. The van der Waals surface area contributed by atoms with Crippen LogP contribution in [0.25, 0.3) is 10.9 Å². The number of nitrogens with one attached hydrogen (secondary N) is 1. The van der Waals surface area contributed by atoms with E-state index in [1.54, 1.807) is 0 Å². The zero-order valence-corrected chi connectivity index (χ0v) is 26.6. The first-order chi connectivity index (χ1) is 21.7. The number of hydrogen-bond acceptors (Lipinski definition) is 7. The van der Waals surface area contributed by atoms with Crippen LogP contribution in [-0.4, -0.2) is 44.5 Å². The monoisotopic (exact) mass is 601 g/mol. The number of ether oxygens (including phenoxy) is 4. The lowest BCUT2D eigenvalue weighted by Gasteiger charge is -2.12. The van der Waals surface area contributed by atoms with Gasteiger partial charge in [0, 0.05) is 42.5 Å². The van der Waals surface area contributed by atoms with Gasteiger partial charge in [-0.25, -0.2) is 0 Å². The van der Waals surface area contributed by atoms with Crippen molar-refractivity contribution in [2.45, 2.75) is 65.2 Å². The van der Waals surface area contributed by atoms with Gasteiger partial charge in [0.05, 0.1) is 18.7 Å². The molecule has 4 rings (SSSR count). The van der Waals surface area contributed by atoms with Crippen molar-refractivity contribution in [2.75, 3.05) is 44.8 Å². The third kappa shape index (κ3) is 13.6. The van der Waals surface area contributed by atoms with Gasteiger partial charge >= 0.3 is 0 Å². The van der Waals surface area contributed by atoms with E-state index in [-0.39, 0.29) is 0 Å². The fourth-order valence-corrected chi connectivity index (χ4v) is 4.53. The Bertz CT molecular complexity index is 1310. The van der Waals surface area contributed by atoms with E-state index >= 15 is 0 Å². The number of benzene rings is 3. The number of rotatable bonds is 20.